The number of aliphatic hydroxyl groups excluding tert-OH is 1. The third kappa shape index (κ3) is 3.18. The van der Waals surface area contributed by atoms with Crippen LogP contribution in [-0.2, 0) is 0 Å². The third-order valence-electron chi connectivity index (χ3n) is 3.33. The van der Waals surface area contributed by atoms with Crippen molar-refractivity contribution in [1.82, 2.24) is 0 Å². The van der Waals surface area contributed by atoms with Crippen LogP contribution in [0.1, 0.15) is 23.7 Å². The van der Waals surface area contributed by atoms with Crippen molar-refractivity contribution in [2.45, 2.75) is 12.5 Å². The average Bonchev–Trinajstić information content (AvgIpc) is 2.73. The Balaban J connectivity index is 1.97. The van der Waals surface area contributed by atoms with E-state index in [1.165, 1.54) is 0 Å². The Labute approximate surface area is 136 Å². The van der Waals surface area contributed by atoms with Crippen LogP contribution in [0.3, 0.4) is 0 Å². The molecule has 0 saturated heterocycles. The van der Waals surface area contributed by atoms with Gasteiger partial charge in [-0.05, 0) is 51.3 Å². The Morgan fingerprint density at radius 1 is 1.05 bits per heavy atom. The summed E-state index contributed by atoms with van der Waals surface area (Å²) in [7, 11) is 0. The van der Waals surface area contributed by atoms with E-state index in [2.05, 4.69) is 15.9 Å². The van der Waals surface area contributed by atoms with Gasteiger partial charge in [0.2, 0.25) is 0 Å². The molecule has 0 amide bonds. The predicted octanol–water partition coefficient (Wildman–Crippen LogP) is 4.35. The summed E-state index contributed by atoms with van der Waals surface area (Å²) < 4.78 is 12.1. The van der Waals surface area contributed by atoms with E-state index in [1.807, 2.05) is 24.3 Å². The number of rotatable bonds is 2. The van der Waals surface area contributed by atoms with Crippen molar-refractivity contribution in [2.75, 3.05) is 13.2 Å². The van der Waals surface area contributed by atoms with Gasteiger partial charge in [-0.15, -0.1) is 0 Å². The summed E-state index contributed by atoms with van der Waals surface area (Å²) in [5.41, 5.74) is 1.52. The number of aliphatic hydroxyl groups is 1. The lowest BCUT2D eigenvalue weighted by Gasteiger charge is -2.16. The lowest BCUT2D eigenvalue weighted by Crippen LogP contribution is -2.01. The third-order valence-corrected chi connectivity index (χ3v) is 4.17. The van der Waals surface area contributed by atoms with Gasteiger partial charge in [0.25, 0.3) is 0 Å². The van der Waals surface area contributed by atoms with Crippen LogP contribution >= 0.6 is 27.5 Å². The second-order valence-corrected chi connectivity index (χ2v) is 6.13. The zero-order valence-corrected chi connectivity index (χ0v) is 13.5. The molecule has 0 saturated carbocycles. The van der Waals surface area contributed by atoms with Crippen LogP contribution in [-0.4, -0.2) is 18.3 Å². The van der Waals surface area contributed by atoms with Gasteiger partial charge >= 0.3 is 0 Å². The molecule has 0 aromatic heterocycles. The summed E-state index contributed by atoms with van der Waals surface area (Å²) in [6.45, 7) is 1.24. The fourth-order valence-electron chi connectivity index (χ4n) is 2.25. The molecule has 1 atom stereocenters. The van der Waals surface area contributed by atoms with E-state index in [-0.39, 0.29) is 0 Å². The molecule has 0 aliphatic carbocycles. The Morgan fingerprint density at radius 2 is 1.76 bits per heavy atom. The standard InChI is InChI=1S/C16H14BrClO3/c17-13-8-11(9-14-16(13)21-7-1-6-20-14)15(19)10-2-4-12(18)5-3-10/h2-5,8-9,15,19H,1,6-7H2. The Bertz CT molecular complexity index is 643. The molecule has 110 valence electrons. The first kappa shape index (κ1) is 14.7. The number of hydrogen-bond donors (Lipinski definition) is 1. The van der Waals surface area contributed by atoms with E-state index in [0.29, 0.717) is 29.7 Å². The molecule has 3 nitrogen and oxygen atoms in total. The summed E-state index contributed by atoms with van der Waals surface area (Å²) in [4.78, 5) is 0. The highest BCUT2D eigenvalue weighted by atomic mass is 79.9. The topological polar surface area (TPSA) is 38.7 Å². The number of fused-ring (bicyclic) bond motifs is 1. The van der Waals surface area contributed by atoms with E-state index >= 15 is 0 Å². The van der Waals surface area contributed by atoms with Crippen molar-refractivity contribution in [3.8, 4) is 11.5 Å². The maximum atomic E-state index is 10.5. The van der Waals surface area contributed by atoms with Gasteiger partial charge in [0.1, 0.15) is 6.10 Å². The minimum Gasteiger partial charge on any atom is -0.490 e. The molecular formula is C16H14BrClO3. The summed E-state index contributed by atoms with van der Waals surface area (Å²) >= 11 is 9.36. The highest BCUT2D eigenvalue weighted by Gasteiger charge is 2.19. The average molecular weight is 370 g/mol. The fraction of sp³-hybridized carbons (Fsp3) is 0.250. The molecule has 2 aromatic carbocycles. The first-order valence-corrected chi connectivity index (χ1v) is 7.85. The van der Waals surface area contributed by atoms with Crippen LogP contribution < -0.4 is 9.47 Å². The van der Waals surface area contributed by atoms with Gasteiger partial charge in [0, 0.05) is 11.4 Å². The van der Waals surface area contributed by atoms with Gasteiger partial charge in [-0.3, -0.25) is 0 Å². The number of hydrogen-bond acceptors (Lipinski definition) is 3. The maximum Gasteiger partial charge on any atom is 0.175 e. The van der Waals surface area contributed by atoms with Crippen molar-refractivity contribution in [3.63, 3.8) is 0 Å². The van der Waals surface area contributed by atoms with E-state index in [9.17, 15) is 5.11 Å². The van der Waals surface area contributed by atoms with E-state index < -0.39 is 6.10 Å². The molecule has 0 fully saturated rings. The summed E-state index contributed by atoms with van der Waals surface area (Å²) in [5.74, 6) is 1.35. The first-order valence-electron chi connectivity index (χ1n) is 6.68. The minimum atomic E-state index is -0.740. The summed E-state index contributed by atoms with van der Waals surface area (Å²) in [6.07, 6.45) is 0.103. The van der Waals surface area contributed by atoms with Crippen molar-refractivity contribution in [1.29, 1.82) is 0 Å². The van der Waals surface area contributed by atoms with Gasteiger partial charge in [-0.1, -0.05) is 23.7 Å². The van der Waals surface area contributed by atoms with Crippen molar-refractivity contribution in [3.05, 3.63) is 57.0 Å². The molecule has 1 unspecified atom stereocenters. The summed E-state index contributed by atoms with van der Waals surface area (Å²) in [6, 6.07) is 10.8. The molecular weight excluding hydrogens is 356 g/mol. The van der Waals surface area contributed by atoms with Crippen LogP contribution in [0, 0.1) is 0 Å². The second-order valence-electron chi connectivity index (χ2n) is 4.83. The van der Waals surface area contributed by atoms with Crippen molar-refractivity contribution in [2.24, 2.45) is 0 Å². The number of ether oxygens (including phenoxy) is 2. The fourth-order valence-corrected chi connectivity index (χ4v) is 2.95. The normalized spacial score (nSPS) is 15.4. The molecule has 0 spiro atoms. The van der Waals surface area contributed by atoms with Crippen molar-refractivity contribution >= 4 is 27.5 Å². The maximum absolute atomic E-state index is 10.5. The predicted molar refractivity (Wildman–Crippen MR) is 85.3 cm³/mol. The van der Waals surface area contributed by atoms with E-state index in [0.717, 1.165) is 22.0 Å². The second kappa shape index (κ2) is 6.26. The highest BCUT2D eigenvalue weighted by Crippen LogP contribution is 2.40. The Kier molecular flexibility index (Phi) is 4.38. The molecule has 5 heteroatoms. The largest absolute Gasteiger partial charge is 0.490 e. The smallest absolute Gasteiger partial charge is 0.175 e. The molecule has 1 N–H and O–H groups in total. The Morgan fingerprint density at radius 3 is 2.52 bits per heavy atom. The van der Waals surface area contributed by atoms with Gasteiger partial charge in [0.05, 0.1) is 17.7 Å². The van der Waals surface area contributed by atoms with Gasteiger partial charge < -0.3 is 14.6 Å². The van der Waals surface area contributed by atoms with Gasteiger partial charge in [-0.25, -0.2) is 0 Å². The van der Waals surface area contributed by atoms with E-state index in [1.54, 1.807) is 12.1 Å². The molecule has 3 rings (SSSR count). The first-order chi connectivity index (χ1) is 10.1. The number of benzene rings is 2. The Hall–Kier alpha value is -1.23. The molecule has 1 aliphatic rings. The molecule has 2 aromatic rings. The summed E-state index contributed by atoms with van der Waals surface area (Å²) in [5, 5.41) is 11.2. The quantitative estimate of drug-likeness (QED) is 0.855. The lowest BCUT2D eigenvalue weighted by molar-refractivity contribution is 0.219. The molecule has 1 aliphatic heterocycles. The van der Waals surface area contributed by atoms with E-state index in [4.69, 9.17) is 21.1 Å². The molecule has 1 heterocycles. The van der Waals surface area contributed by atoms with Gasteiger partial charge in [0.15, 0.2) is 11.5 Å². The van der Waals surface area contributed by atoms with Crippen LogP contribution in [0.5, 0.6) is 11.5 Å². The molecule has 21 heavy (non-hydrogen) atoms. The number of halogens is 2. The monoisotopic (exact) mass is 368 g/mol. The zero-order chi connectivity index (χ0) is 14.8. The molecule has 0 bridgehead atoms. The zero-order valence-electron chi connectivity index (χ0n) is 11.2. The lowest BCUT2D eigenvalue weighted by atomic mass is 10.0. The van der Waals surface area contributed by atoms with Crippen LogP contribution in [0.25, 0.3) is 0 Å². The van der Waals surface area contributed by atoms with Crippen LogP contribution in [0.2, 0.25) is 5.02 Å². The van der Waals surface area contributed by atoms with Gasteiger partial charge in [-0.2, -0.15) is 0 Å². The SMILES string of the molecule is OC(c1ccc(Cl)cc1)c1cc(Br)c2c(c1)OCCCO2. The van der Waals surface area contributed by atoms with Crippen LogP contribution in [0.15, 0.2) is 40.9 Å². The molecule has 0 radical (unpaired) electrons. The minimum absolute atomic E-state index is 0.611. The van der Waals surface area contributed by atoms with Crippen molar-refractivity contribution < 1.29 is 14.6 Å². The van der Waals surface area contributed by atoms with Crippen LogP contribution in [0.4, 0.5) is 0 Å². The highest BCUT2D eigenvalue weighted by molar-refractivity contribution is 9.10.